The molecule has 0 aromatic carbocycles. The van der Waals surface area contributed by atoms with Gasteiger partial charge in [-0.25, -0.2) is 19.9 Å². The van der Waals surface area contributed by atoms with Gasteiger partial charge in [-0.05, 0) is 39.7 Å². The van der Waals surface area contributed by atoms with E-state index in [9.17, 15) is 0 Å². The Labute approximate surface area is 140 Å². The van der Waals surface area contributed by atoms with Gasteiger partial charge in [0.2, 0.25) is 0 Å². The molecule has 1 aliphatic rings. The summed E-state index contributed by atoms with van der Waals surface area (Å²) in [6.07, 6.45) is 7.31. The van der Waals surface area contributed by atoms with Gasteiger partial charge in [-0.1, -0.05) is 0 Å². The predicted molar refractivity (Wildman–Crippen MR) is 91.7 cm³/mol. The summed E-state index contributed by atoms with van der Waals surface area (Å²) < 4.78 is 2.17. The largest absolute Gasteiger partial charge is 0.362 e. The minimum absolute atomic E-state index is 0.0107. The Morgan fingerprint density at radius 3 is 2.67 bits per heavy atom. The summed E-state index contributed by atoms with van der Waals surface area (Å²) in [5.41, 5.74) is 3.61. The van der Waals surface area contributed by atoms with Crippen LogP contribution in [-0.2, 0) is 12.1 Å². The van der Waals surface area contributed by atoms with Crippen LogP contribution in [0.15, 0.2) is 24.8 Å². The average Bonchev–Trinajstić information content (AvgIpc) is 3.31. The molecule has 0 amide bonds. The first-order valence-electron chi connectivity index (χ1n) is 8.27. The molecule has 7 nitrogen and oxygen atoms in total. The first-order chi connectivity index (χ1) is 11.5. The first kappa shape index (κ1) is 15.0. The van der Waals surface area contributed by atoms with Crippen LogP contribution in [0.1, 0.15) is 50.9 Å². The minimum atomic E-state index is -0.0107. The van der Waals surface area contributed by atoms with Crippen molar-refractivity contribution in [3.8, 4) is 0 Å². The summed E-state index contributed by atoms with van der Waals surface area (Å²) in [5.74, 6) is 1.35. The second-order valence-corrected chi connectivity index (χ2v) is 7.22. The number of aromatic nitrogens is 6. The Morgan fingerprint density at radius 1 is 1.12 bits per heavy atom. The zero-order chi connectivity index (χ0) is 16.7. The van der Waals surface area contributed by atoms with Crippen LogP contribution >= 0.6 is 0 Å². The van der Waals surface area contributed by atoms with Gasteiger partial charge in [-0.15, -0.1) is 0 Å². The molecule has 3 heterocycles. The molecule has 0 bridgehead atoms. The van der Waals surface area contributed by atoms with Gasteiger partial charge in [0.05, 0.1) is 17.8 Å². The fraction of sp³-hybridized carbons (Fsp3) is 0.471. The summed E-state index contributed by atoms with van der Waals surface area (Å²) in [5, 5.41) is 8.14. The van der Waals surface area contributed by atoms with Gasteiger partial charge in [0.1, 0.15) is 11.8 Å². The molecule has 4 rings (SSSR count). The van der Waals surface area contributed by atoms with Gasteiger partial charge in [0.25, 0.3) is 0 Å². The summed E-state index contributed by atoms with van der Waals surface area (Å²) in [7, 11) is 0. The van der Waals surface area contributed by atoms with Gasteiger partial charge in [-0.2, -0.15) is 5.10 Å². The van der Waals surface area contributed by atoms with Crippen molar-refractivity contribution in [2.24, 2.45) is 0 Å². The number of nitrogens with zero attached hydrogens (tertiary/aromatic N) is 6. The second-order valence-electron chi connectivity index (χ2n) is 7.22. The van der Waals surface area contributed by atoms with Crippen molar-refractivity contribution in [1.82, 2.24) is 29.7 Å². The van der Waals surface area contributed by atoms with E-state index in [1.165, 1.54) is 24.9 Å². The van der Waals surface area contributed by atoms with Crippen molar-refractivity contribution < 1.29 is 0 Å². The van der Waals surface area contributed by atoms with E-state index in [0.29, 0.717) is 29.4 Å². The van der Waals surface area contributed by atoms with Crippen molar-refractivity contribution in [2.75, 3.05) is 5.32 Å². The van der Waals surface area contributed by atoms with Crippen molar-refractivity contribution in [3.63, 3.8) is 0 Å². The highest BCUT2D eigenvalue weighted by Gasteiger charge is 2.31. The SMILES string of the molecule is CC(C)(C)n1nc(CNc2ncnc3nccnc23)cc1C1CC1. The average molecular weight is 323 g/mol. The maximum atomic E-state index is 4.81. The van der Waals surface area contributed by atoms with E-state index < -0.39 is 0 Å². The van der Waals surface area contributed by atoms with Crippen LogP contribution in [0, 0.1) is 0 Å². The van der Waals surface area contributed by atoms with Crippen LogP contribution in [0.5, 0.6) is 0 Å². The van der Waals surface area contributed by atoms with E-state index in [4.69, 9.17) is 5.10 Å². The molecule has 0 unspecified atom stereocenters. The van der Waals surface area contributed by atoms with Crippen molar-refractivity contribution in [2.45, 2.75) is 51.6 Å². The molecule has 3 aromatic rings. The van der Waals surface area contributed by atoms with Crippen LogP contribution in [0.4, 0.5) is 5.82 Å². The molecule has 0 atom stereocenters. The molecular formula is C17H21N7. The van der Waals surface area contributed by atoms with Crippen molar-refractivity contribution in [3.05, 3.63) is 36.2 Å². The fourth-order valence-electron chi connectivity index (χ4n) is 2.84. The van der Waals surface area contributed by atoms with Crippen molar-refractivity contribution >= 4 is 17.0 Å². The molecule has 1 N–H and O–H groups in total. The smallest absolute Gasteiger partial charge is 0.183 e. The van der Waals surface area contributed by atoms with Crippen LogP contribution in [0.3, 0.4) is 0 Å². The number of rotatable bonds is 4. The Hall–Kier alpha value is -2.57. The number of hydrogen-bond donors (Lipinski definition) is 1. The quantitative estimate of drug-likeness (QED) is 0.795. The molecule has 24 heavy (non-hydrogen) atoms. The van der Waals surface area contributed by atoms with Crippen LogP contribution < -0.4 is 5.32 Å². The summed E-state index contributed by atoms with van der Waals surface area (Å²) in [6, 6.07) is 2.21. The molecule has 0 aliphatic heterocycles. The first-order valence-corrected chi connectivity index (χ1v) is 8.27. The van der Waals surface area contributed by atoms with Gasteiger partial charge < -0.3 is 5.32 Å². The lowest BCUT2D eigenvalue weighted by molar-refractivity contribution is 0.341. The highest BCUT2D eigenvalue weighted by Crippen LogP contribution is 2.41. The number of fused-ring (bicyclic) bond motifs is 1. The summed E-state index contributed by atoms with van der Waals surface area (Å²) in [6.45, 7) is 7.18. The summed E-state index contributed by atoms with van der Waals surface area (Å²) >= 11 is 0. The minimum Gasteiger partial charge on any atom is -0.362 e. The van der Waals surface area contributed by atoms with E-state index in [-0.39, 0.29) is 5.54 Å². The predicted octanol–water partition coefficient (Wildman–Crippen LogP) is 2.86. The highest BCUT2D eigenvalue weighted by atomic mass is 15.3. The number of anilines is 1. The third-order valence-corrected chi connectivity index (χ3v) is 4.13. The number of hydrogen-bond acceptors (Lipinski definition) is 6. The third kappa shape index (κ3) is 2.81. The standard InChI is InChI=1S/C17H21N7/c1-17(2,3)24-13(11-4-5-11)8-12(23-24)9-20-16-14-15(21-10-22-16)19-7-6-18-14/h6-8,10-11H,4-5,9H2,1-3H3,(H,19,20,21,22). The molecule has 124 valence electrons. The lowest BCUT2D eigenvalue weighted by Gasteiger charge is -2.22. The normalized spacial score (nSPS) is 15.0. The van der Waals surface area contributed by atoms with Gasteiger partial charge >= 0.3 is 0 Å². The Balaban J connectivity index is 1.60. The Morgan fingerprint density at radius 2 is 1.92 bits per heavy atom. The van der Waals surface area contributed by atoms with Crippen LogP contribution in [0.2, 0.25) is 0 Å². The molecule has 3 aromatic heterocycles. The van der Waals surface area contributed by atoms with Crippen LogP contribution in [0.25, 0.3) is 11.2 Å². The molecule has 0 radical (unpaired) electrons. The fourth-order valence-corrected chi connectivity index (χ4v) is 2.84. The van der Waals surface area contributed by atoms with E-state index in [1.54, 1.807) is 12.4 Å². The third-order valence-electron chi connectivity index (χ3n) is 4.13. The lowest BCUT2D eigenvalue weighted by atomic mass is 10.1. The number of nitrogens with one attached hydrogen (secondary N) is 1. The highest BCUT2D eigenvalue weighted by molar-refractivity contribution is 5.81. The molecular weight excluding hydrogens is 302 g/mol. The second kappa shape index (κ2) is 5.51. The topological polar surface area (TPSA) is 81.4 Å². The summed E-state index contributed by atoms with van der Waals surface area (Å²) in [4.78, 5) is 16.9. The van der Waals surface area contributed by atoms with E-state index >= 15 is 0 Å². The van der Waals surface area contributed by atoms with Gasteiger partial charge in [-0.3, -0.25) is 4.68 Å². The van der Waals surface area contributed by atoms with E-state index in [1.807, 2.05) is 0 Å². The van der Waals surface area contributed by atoms with E-state index in [0.717, 1.165) is 5.69 Å². The van der Waals surface area contributed by atoms with Crippen LogP contribution in [-0.4, -0.2) is 29.7 Å². The molecule has 0 saturated heterocycles. The maximum Gasteiger partial charge on any atom is 0.183 e. The Kier molecular flexibility index (Phi) is 3.44. The zero-order valence-corrected chi connectivity index (χ0v) is 14.2. The Bertz CT molecular complexity index is 869. The maximum absolute atomic E-state index is 4.81. The lowest BCUT2D eigenvalue weighted by Crippen LogP contribution is -2.25. The molecule has 1 aliphatic carbocycles. The molecule has 1 saturated carbocycles. The van der Waals surface area contributed by atoms with E-state index in [2.05, 4.69) is 56.8 Å². The zero-order valence-electron chi connectivity index (χ0n) is 14.2. The monoisotopic (exact) mass is 323 g/mol. The van der Waals surface area contributed by atoms with Crippen molar-refractivity contribution in [1.29, 1.82) is 0 Å². The molecule has 0 spiro atoms. The van der Waals surface area contributed by atoms with Gasteiger partial charge in [0, 0.05) is 24.0 Å². The molecule has 1 fully saturated rings. The van der Waals surface area contributed by atoms with Gasteiger partial charge in [0.15, 0.2) is 11.5 Å². The molecule has 7 heteroatoms.